The maximum absolute atomic E-state index is 9.83. The highest BCUT2D eigenvalue weighted by Gasteiger charge is 2.18. The van der Waals surface area contributed by atoms with Gasteiger partial charge in [0.05, 0.1) is 11.9 Å². The molecule has 0 spiro atoms. The normalized spacial score (nSPS) is 18.6. The van der Waals surface area contributed by atoms with E-state index in [4.69, 9.17) is 12.2 Å². The molecule has 2 aliphatic rings. The van der Waals surface area contributed by atoms with Crippen molar-refractivity contribution in [1.29, 1.82) is 0 Å². The van der Waals surface area contributed by atoms with Crippen LogP contribution in [-0.4, -0.2) is 39.4 Å². The second kappa shape index (κ2) is 5.66. The summed E-state index contributed by atoms with van der Waals surface area (Å²) in [6.07, 6.45) is 9.24. The van der Waals surface area contributed by atoms with Crippen molar-refractivity contribution in [3.05, 3.63) is 28.3 Å². The zero-order valence-corrected chi connectivity index (χ0v) is 13.4. The number of anilines is 1. The molecule has 23 heavy (non-hydrogen) atoms. The number of hydrogen-bond acceptors (Lipinski definition) is 5. The average Bonchev–Trinajstić information content (AvgIpc) is 3.11. The number of nitrogens with zero attached hydrogens (tertiary/aromatic N) is 3. The molecule has 4 rings (SSSR count). The number of fused-ring (bicyclic) bond motifs is 1. The molecule has 0 atom stereocenters. The van der Waals surface area contributed by atoms with E-state index in [0.29, 0.717) is 16.3 Å². The van der Waals surface area contributed by atoms with Gasteiger partial charge in [-0.2, -0.15) is 0 Å². The van der Waals surface area contributed by atoms with Crippen molar-refractivity contribution in [2.45, 2.75) is 19.3 Å². The minimum atomic E-state index is 0.0319. The number of H-pyrrole nitrogens is 2. The Balaban J connectivity index is 1.70. The van der Waals surface area contributed by atoms with Gasteiger partial charge in [0.25, 0.3) is 0 Å². The fraction of sp³-hybridized carbons (Fsp3) is 0.312. The molecule has 0 aromatic carbocycles. The van der Waals surface area contributed by atoms with E-state index in [9.17, 15) is 5.11 Å². The summed E-state index contributed by atoms with van der Waals surface area (Å²) in [6, 6.07) is 2.13. The van der Waals surface area contributed by atoms with Gasteiger partial charge in [0.1, 0.15) is 5.69 Å². The first kappa shape index (κ1) is 14.2. The van der Waals surface area contributed by atoms with Gasteiger partial charge < -0.3 is 20.0 Å². The van der Waals surface area contributed by atoms with Crippen molar-refractivity contribution >= 4 is 41.6 Å². The fourth-order valence-corrected chi connectivity index (χ4v) is 3.26. The topological polar surface area (TPSA) is 80.3 Å². The molecular weight excluding hydrogens is 310 g/mol. The van der Waals surface area contributed by atoms with Crippen molar-refractivity contribution in [3.63, 3.8) is 0 Å². The Bertz CT molecular complexity index is 858. The molecular formula is C16H17N5OS. The van der Waals surface area contributed by atoms with Crippen LogP contribution >= 0.6 is 12.2 Å². The van der Waals surface area contributed by atoms with E-state index in [1.807, 2.05) is 12.3 Å². The summed E-state index contributed by atoms with van der Waals surface area (Å²) in [4.78, 5) is 16.8. The summed E-state index contributed by atoms with van der Waals surface area (Å²) in [5.74, 6) is 0.745. The number of allylic oxidation sites excluding steroid dienone is 1. The minimum Gasteiger partial charge on any atom is -0.493 e. The molecule has 4 heterocycles. The predicted octanol–water partition coefficient (Wildman–Crippen LogP) is 3.42. The Morgan fingerprint density at radius 2 is 2.04 bits per heavy atom. The van der Waals surface area contributed by atoms with Gasteiger partial charge in [-0.1, -0.05) is 0 Å². The summed E-state index contributed by atoms with van der Waals surface area (Å²) < 4.78 is 0.393. The van der Waals surface area contributed by atoms with Crippen LogP contribution in [0.3, 0.4) is 0 Å². The first-order chi connectivity index (χ1) is 11.2. The lowest BCUT2D eigenvalue weighted by atomic mass is 10.1. The van der Waals surface area contributed by atoms with E-state index in [1.165, 1.54) is 19.3 Å². The molecule has 0 bridgehead atoms. The Labute approximate surface area is 138 Å². The van der Waals surface area contributed by atoms with E-state index in [2.05, 4.69) is 30.9 Å². The molecule has 2 aromatic rings. The number of aromatic nitrogens is 3. The second-order valence-corrected chi connectivity index (χ2v) is 6.22. The van der Waals surface area contributed by atoms with Gasteiger partial charge in [-0.05, 0) is 43.6 Å². The third-order valence-corrected chi connectivity index (χ3v) is 4.45. The maximum Gasteiger partial charge on any atom is 0.215 e. The number of pyridine rings is 1. The van der Waals surface area contributed by atoms with Gasteiger partial charge in [-0.15, -0.1) is 0 Å². The number of imidazole rings is 1. The maximum atomic E-state index is 9.83. The van der Waals surface area contributed by atoms with Crippen molar-refractivity contribution < 1.29 is 5.11 Å². The zero-order valence-electron chi connectivity index (χ0n) is 12.5. The van der Waals surface area contributed by atoms with E-state index >= 15 is 0 Å². The van der Waals surface area contributed by atoms with Crippen LogP contribution in [0.25, 0.3) is 11.6 Å². The number of aromatic amines is 2. The largest absolute Gasteiger partial charge is 0.493 e. The quantitative estimate of drug-likeness (QED) is 0.738. The van der Waals surface area contributed by atoms with Gasteiger partial charge in [-0.25, -0.2) is 9.98 Å². The predicted molar refractivity (Wildman–Crippen MR) is 94.0 cm³/mol. The van der Waals surface area contributed by atoms with Gasteiger partial charge in [0.2, 0.25) is 5.88 Å². The number of piperidine rings is 1. The lowest BCUT2D eigenvalue weighted by Gasteiger charge is -2.28. The molecule has 0 radical (unpaired) electrons. The summed E-state index contributed by atoms with van der Waals surface area (Å²) >= 11 is 4.99. The molecule has 0 amide bonds. The molecule has 3 N–H and O–H groups in total. The summed E-state index contributed by atoms with van der Waals surface area (Å²) in [5.41, 5.74) is 3.57. The smallest absolute Gasteiger partial charge is 0.215 e. The van der Waals surface area contributed by atoms with Gasteiger partial charge in [-0.3, -0.25) is 0 Å². The lowest BCUT2D eigenvalue weighted by Crippen LogP contribution is -2.29. The van der Waals surface area contributed by atoms with E-state index in [1.54, 1.807) is 6.21 Å². The fourth-order valence-electron chi connectivity index (χ4n) is 3.05. The number of nitrogens with one attached hydrogen (secondary N) is 2. The second-order valence-electron chi connectivity index (χ2n) is 5.81. The average molecular weight is 327 g/mol. The molecule has 0 saturated carbocycles. The molecule has 118 valence electrons. The monoisotopic (exact) mass is 327 g/mol. The van der Waals surface area contributed by atoms with Crippen LogP contribution in [0.15, 0.2) is 17.3 Å². The lowest BCUT2D eigenvalue weighted by molar-refractivity contribution is 0.455. The van der Waals surface area contributed by atoms with Crippen molar-refractivity contribution in [2.75, 3.05) is 18.0 Å². The highest BCUT2D eigenvalue weighted by atomic mass is 32.1. The van der Waals surface area contributed by atoms with Gasteiger partial charge in [0, 0.05) is 30.4 Å². The SMILES string of the molecule is Oc1[nH]c(=S)[nH]c1C=C1C=Nc2ncc(N3CCCCC3)cc21. The standard InChI is InChI=1S/C16H17N5OS/c22-15-13(19-16(23)20-15)6-10-8-17-14-12(10)7-11(9-18-14)21-4-2-1-3-5-21/h6-9,22H,1-5H2,(H2,19,20,23). The van der Waals surface area contributed by atoms with Crippen LogP contribution in [0.5, 0.6) is 5.88 Å². The number of aliphatic imine (C=N–C) groups is 1. The minimum absolute atomic E-state index is 0.0319. The zero-order chi connectivity index (χ0) is 15.8. The third-order valence-electron chi connectivity index (χ3n) is 4.25. The van der Waals surface area contributed by atoms with E-state index < -0.39 is 0 Å². The van der Waals surface area contributed by atoms with Crippen molar-refractivity contribution in [2.24, 2.45) is 4.99 Å². The number of aromatic hydroxyl groups is 1. The summed E-state index contributed by atoms with van der Waals surface area (Å²) in [5, 5.41) is 9.83. The molecule has 1 fully saturated rings. The first-order valence-corrected chi connectivity index (χ1v) is 8.14. The van der Waals surface area contributed by atoms with E-state index in [0.717, 1.165) is 29.9 Å². The highest BCUT2D eigenvalue weighted by Crippen LogP contribution is 2.34. The van der Waals surface area contributed by atoms with E-state index in [-0.39, 0.29) is 5.88 Å². The molecule has 0 unspecified atom stereocenters. The molecule has 0 aliphatic carbocycles. The van der Waals surface area contributed by atoms with Crippen LogP contribution in [0.1, 0.15) is 30.5 Å². The molecule has 1 saturated heterocycles. The number of rotatable bonds is 2. The Kier molecular flexibility index (Phi) is 3.49. The summed E-state index contributed by atoms with van der Waals surface area (Å²) in [6.45, 7) is 2.15. The van der Waals surface area contributed by atoms with Crippen LogP contribution in [0.2, 0.25) is 0 Å². The van der Waals surface area contributed by atoms with Crippen LogP contribution in [0, 0.1) is 4.77 Å². The Morgan fingerprint density at radius 1 is 1.22 bits per heavy atom. The van der Waals surface area contributed by atoms with Crippen molar-refractivity contribution in [3.8, 4) is 5.88 Å². The van der Waals surface area contributed by atoms with Gasteiger partial charge in [0.15, 0.2) is 10.6 Å². The molecule has 2 aromatic heterocycles. The van der Waals surface area contributed by atoms with Gasteiger partial charge >= 0.3 is 0 Å². The first-order valence-electron chi connectivity index (χ1n) is 7.73. The van der Waals surface area contributed by atoms with Crippen molar-refractivity contribution in [1.82, 2.24) is 15.0 Å². The molecule has 2 aliphatic heterocycles. The Hall–Kier alpha value is -2.41. The van der Waals surface area contributed by atoms with Crippen LogP contribution in [0.4, 0.5) is 11.5 Å². The Morgan fingerprint density at radius 3 is 2.78 bits per heavy atom. The van der Waals surface area contributed by atoms with Crippen LogP contribution < -0.4 is 4.90 Å². The molecule has 7 heteroatoms. The highest BCUT2D eigenvalue weighted by molar-refractivity contribution is 7.71. The summed E-state index contributed by atoms with van der Waals surface area (Å²) in [7, 11) is 0. The third kappa shape index (κ3) is 2.68. The molecule has 6 nitrogen and oxygen atoms in total. The van der Waals surface area contributed by atoms with Crippen LogP contribution in [-0.2, 0) is 0 Å². The number of hydrogen-bond donors (Lipinski definition) is 3.